The Bertz CT molecular complexity index is 1830. The number of hydrogen-bond acceptors (Lipinski definition) is 6. The summed E-state index contributed by atoms with van der Waals surface area (Å²) in [5.41, 5.74) is 3.19. The quantitative estimate of drug-likeness (QED) is 0.150. The lowest BCUT2D eigenvalue weighted by Crippen LogP contribution is -2.35. The zero-order valence-electron chi connectivity index (χ0n) is 25.7. The van der Waals surface area contributed by atoms with Crippen LogP contribution in [0, 0.1) is 5.82 Å². The number of benzene rings is 2. The second kappa shape index (κ2) is 14.1. The molecule has 3 heterocycles. The van der Waals surface area contributed by atoms with Crippen LogP contribution < -0.4 is 20.5 Å². The summed E-state index contributed by atoms with van der Waals surface area (Å²) in [4.78, 5) is 29.9. The molecule has 15 heteroatoms. The molecule has 6 rings (SSSR count). The molecule has 2 atom stereocenters. The average Bonchev–Trinajstić information content (AvgIpc) is 3.80. The molecular formula is C34H29F7N4O4. The van der Waals surface area contributed by atoms with Crippen molar-refractivity contribution >= 4 is 12.3 Å². The van der Waals surface area contributed by atoms with Gasteiger partial charge in [0.05, 0.1) is 24.0 Å². The number of hydrogen-bond donors (Lipinski definition) is 2. The van der Waals surface area contributed by atoms with Gasteiger partial charge in [0.2, 0.25) is 6.41 Å². The molecule has 2 aliphatic rings. The van der Waals surface area contributed by atoms with Gasteiger partial charge in [0.25, 0.3) is 5.91 Å². The van der Waals surface area contributed by atoms with Crippen LogP contribution in [0.25, 0.3) is 22.4 Å². The van der Waals surface area contributed by atoms with Crippen LogP contribution in [0.2, 0.25) is 0 Å². The molecule has 4 aromatic rings. The number of nitrogens with zero attached hydrogens (tertiary/aromatic N) is 2. The van der Waals surface area contributed by atoms with Crippen molar-refractivity contribution in [1.82, 2.24) is 15.3 Å². The molecule has 0 spiro atoms. The van der Waals surface area contributed by atoms with E-state index in [9.17, 15) is 35.5 Å². The van der Waals surface area contributed by atoms with E-state index in [4.69, 9.17) is 14.3 Å². The molecule has 2 aromatic carbocycles. The van der Waals surface area contributed by atoms with Crippen LogP contribution >= 0.6 is 0 Å². The minimum absolute atomic E-state index is 0.0643. The van der Waals surface area contributed by atoms with Crippen molar-refractivity contribution < 1.29 is 49.8 Å². The van der Waals surface area contributed by atoms with E-state index in [0.717, 1.165) is 36.7 Å². The lowest BCUT2D eigenvalue weighted by atomic mass is 9.95. The van der Waals surface area contributed by atoms with Crippen LogP contribution in [0.1, 0.15) is 58.8 Å². The normalized spacial score (nSPS) is 16.0. The Morgan fingerprint density at radius 1 is 1.06 bits per heavy atom. The third-order valence-electron chi connectivity index (χ3n) is 7.84. The Morgan fingerprint density at radius 3 is 2.39 bits per heavy atom. The van der Waals surface area contributed by atoms with Crippen LogP contribution in [0.4, 0.5) is 30.7 Å². The molecule has 0 saturated heterocycles. The van der Waals surface area contributed by atoms with Crippen molar-refractivity contribution in [3.8, 4) is 33.9 Å². The molecule has 1 fully saturated rings. The molecule has 49 heavy (non-hydrogen) atoms. The molecule has 0 radical (unpaired) electrons. The molecule has 258 valence electrons. The zero-order valence-corrected chi connectivity index (χ0v) is 25.7. The van der Waals surface area contributed by atoms with Gasteiger partial charge in [-0.1, -0.05) is 6.92 Å². The molecule has 2 aromatic heterocycles. The maximum absolute atomic E-state index is 14.5. The number of aromatic nitrogens is 2. The molecule has 8 nitrogen and oxygen atoms in total. The van der Waals surface area contributed by atoms with Crippen molar-refractivity contribution in [2.45, 2.75) is 50.1 Å². The lowest BCUT2D eigenvalue weighted by molar-refractivity contribution is -0.149. The largest absolute Gasteiger partial charge is 0.490 e. The van der Waals surface area contributed by atoms with Gasteiger partial charge in [-0.25, -0.2) is 9.37 Å². The maximum atomic E-state index is 14.5. The van der Waals surface area contributed by atoms with Crippen molar-refractivity contribution in [1.29, 1.82) is 0 Å². The van der Waals surface area contributed by atoms with Crippen LogP contribution in [0.5, 0.6) is 11.5 Å². The molecule has 2 amide bonds. The van der Waals surface area contributed by atoms with Crippen molar-refractivity contribution in [2.75, 3.05) is 13.2 Å². The van der Waals surface area contributed by atoms with E-state index in [1.165, 1.54) is 30.3 Å². The number of rotatable bonds is 8. The number of amides is 2. The van der Waals surface area contributed by atoms with Gasteiger partial charge >= 0.3 is 12.4 Å². The number of fused-ring (bicyclic) bond motifs is 1. The summed E-state index contributed by atoms with van der Waals surface area (Å²) >= 11 is 0. The number of nitrogens with one attached hydrogen (secondary N) is 1. The minimum atomic E-state index is -4.85. The van der Waals surface area contributed by atoms with Gasteiger partial charge in [-0.15, -0.1) is 0 Å². The van der Waals surface area contributed by atoms with Gasteiger partial charge < -0.3 is 20.5 Å². The first-order valence-electron chi connectivity index (χ1n) is 15.0. The Morgan fingerprint density at radius 2 is 1.76 bits per heavy atom. The Labute approximate surface area is 275 Å². The minimum Gasteiger partial charge on any atom is -0.490 e. The summed E-state index contributed by atoms with van der Waals surface area (Å²) in [6.45, 7) is 1.09. The van der Waals surface area contributed by atoms with Gasteiger partial charge in [0.15, 0.2) is 0 Å². The molecule has 3 N–H and O–H groups in total. The number of pyridine rings is 2. The number of nitrogens with two attached hydrogens (primary N) is 1. The number of primary amides is 1. The highest BCUT2D eigenvalue weighted by Gasteiger charge is 2.43. The second-order valence-electron chi connectivity index (χ2n) is 11.4. The molecule has 1 saturated carbocycles. The second-order valence-corrected chi connectivity index (χ2v) is 11.4. The van der Waals surface area contributed by atoms with Crippen LogP contribution in [-0.2, 0) is 11.0 Å². The van der Waals surface area contributed by atoms with Crippen LogP contribution in [0.3, 0.4) is 0 Å². The Hall–Kier alpha value is -5.21. The van der Waals surface area contributed by atoms with E-state index in [2.05, 4.69) is 21.0 Å². The summed E-state index contributed by atoms with van der Waals surface area (Å²) in [6.07, 6.45) is -6.11. The zero-order chi connectivity index (χ0) is 35.5. The predicted octanol–water partition coefficient (Wildman–Crippen LogP) is 7.18. The third-order valence-corrected chi connectivity index (χ3v) is 7.84. The highest BCUT2D eigenvalue weighted by molar-refractivity contribution is 5.96. The van der Waals surface area contributed by atoms with E-state index in [-0.39, 0.29) is 58.9 Å². The van der Waals surface area contributed by atoms with Crippen molar-refractivity contribution in [3.05, 3.63) is 95.2 Å². The van der Waals surface area contributed by atoms with Gasteiger partial charge in [0, 0.05) is 52.7 Å². The van der Waals surface area contributed by atoms with Gasteiger partial charge in [-0.05, 0) is 67.4 Å². The average molecular weight is 691 g/mol. The Kier molecular flexibility index (Phi) is 10.1. The first-order valence-corrected chi connectivity index (χ1v) is 15.0. The first-order chi connectivity index (χ1) is 23.2. The van der Waals surface area contributed by atoms with Crippen molar-refractivity contribution in [2.24, 2.45) is 5.73 Å². The smallest absolute Gasteiger partial charge is 0.417 e. The summed E-state index contributed by atoms with van der Waals surface area (Å²) in [5, 5.41) is 2.29. The molecule has 1 aliphatic heterocycles. The first kappa shape index (κ1) is 35.1. The summed E-state index contributed by atoms with van der Waals surface area (Å²) in [7, 11) is 0. The number of ether oxygens (including phenoxy) is 2. The SMILES string of the molecule is CC1COc2c1cc(C(CNC(=O)c1ccc(OC3CC3)c(-c3cnccc3C(F)(F)F)c1)C(F)(F)F)nc2-c1ccc(F)cc1.NC=O. The number of carbonyl (C=O) groups excluding carboxylic acids is 2. The fourth-order valence-electron chi connectivity index (χ4n) is 5.26. The number of halogens is 7. The van der Waals surface area contributed by atoms with Crippen molar-refractivity contribution in [3.63, 3.8) is 0 Å². The maximum Gasteiger partial charge on any atom is 0.417 e. The van der Waals surface area contributed by atoms with Crippen LogP contribution in [-0.4, -0.2) is 47.7 Å². The highest BCUT2D eigenvalue weighted by atomic mass is 19.4. The molecular weight excluding hydrogens is 661 g/mol. The summed E-state index contributed by atoms with van der Waals surface area (Å²) in [5.74, 6) is -3.57. The third kappa shape index (κ3) is 8.09. The van der Waals surface area contributed by atoms with E-state index >= 15 is 0 Å². The fraction of sp³-hybridized carbons (Fsp3) is 0.294. The molecule has 2 unspecified atom stereocenters. The monoisotopic (exact) mass is 690 g/mol. The topological polar surface area (TPSA) is 116 Å². The number of alkyl halides is 6. The molecule has 0 bridgehead atoms. The fourth-order valence-corrected chi connectivity index (χ4v) is 5.26. The van der Waals surface area contributed by atoms with Gasteiger partial charge in [-0.3, -0.25) is 14.6 Å². The summed E-state index contributed by atoms with van der Waals surface area (Å²) < 4.78 is 110. The standard InChI is InChI=1S/C33H26F7N3O3.CH3NO/c1-17-16-45-30-22(17)13-27(43-29(30)18-2-5-20(34)6-3-18)26(33(38,39)40)15-42-31(44)19-4-9-28(46-21-7-8-21)23(12-19)24-14-41-11-10-25(24)32(35,36)37;2-1-3/h2-6,9-14,17,21,26H,7-8,15-16H2,1H3,(H,42,44);1H,(H2,2,3). The highest BCUT2D eigenvalue weighted by Crippen LogP contribution is 2.45. The predicted molar refractivity (Wildman–Crippen MR) is 163 cm³/mol. The lowest BCUT2D eigenvalue weighted by Gasteiger charge is -2.22. The Balaban J connectivity index is 0.00000151. The van der Waals surface area contributed by atoms with Gasteiger partial charge in [0.1, 0.15) is 28.9 Å². The van der Waals surface area contributed by atoms with Crippen LogP contribution in [0.15, 0.2) is 67.0 Å². The van der Waals surface area contributed by atoms with E-state index in [1.807, 2.05) is 0 Å². The number of carbonyl (C=O) groups is 2. The van der Waals surface area contributed by atoms with Gasteiger partial charge in [-0.2, -0.15) is 26.3 Å². The van der Waals surface area contributed by atoms with E-state index in [0.29, 0.717) is 29.7 Å². The van der Waals surface area contributed by atoms with E-state index in [1.54, 1.807) is 6.92 Å². The summed E-state index contributed by atoms with van der Waals surface area (Å²) in [6, 6.07) is 11.0. The molecule has 1 aliphatic carbocycles. The van der Waals surface area contributed by atoms with E-state index < -0.39 is 42.1 Å².